The van der Waals surface area contributed by atoms with Gasteiger partial charge in [0.05, 0.1) is 6.54 Å². The summed E-state index contributed by atoms with van der Waals surface area (Å²) in [6.07, 6.45) is 8.10. The normalized spacial score (nSPS) is 43.2. The number of fused-ring (bicyclic) bond motifs is 5. The molecule has 0 aromatic rings. The average molecular weight is 421 g/mol. The van der Waals surface area contributed by atoms with E-state index in [2.05, 4.69) is 24.1 Å². The van der Waals surface area contributed by atoms with Gasteiger partial charge in [0, 0.05) is 39.6 Å². The van der Waals surface area contributed by atoms with Gasteiger partial charge in [-0.05, 0) is 73.5 Å². The number of hydrogen-bond acceptors (Lipinski definition) is 4. The SMILES string of the molecule is COC(CNC(=O)C1CCC2C3CCC4N(C)C(=O)CCC4(C)C3CCC12C)OC. The highest BCUT2D eigenvalue weighted by Crippen LogP contribution is 2.66. The van der Waals surface area contributed by atoms with Crippen molar-refractivity contribution < 1.29 is 19.1 Å². The fourth-order valence-corrected chi connectivity index (χ4v) is 8.15. The minimum absolute atomic E-state index is 0.0824. The number of piperidine rings is 1. The van der Waals surface area contributed by atoms with Crippen molar-refractivity contribution in [3.8, 4) is 0 Å². The van der Waals surface area contributed by atoms with Crippen LogP contribution in [0.1, 0.15) is 65.2 Å². The zero-order chi connectivity index (χ0) is 21.7. The summed E-state index contributed by atoms with van der Waals surface area (Å²) in [5.74, 6) is 2.56. The Bertz CT molecular complexity index is 680. The zero-order valence-corrected chi connectivity index (χ0v) is 19.4. The van der Waals surface area contributed by atoms with Crippen LogP contribution in [-0.2, 0) is 19.1 Å². The van der Waals surface area contributed by atoms with Gasteiger partial charge in [-0.1, -0.05) is 13.8 Å². The summed E-state index contributed by atoms with van der Waals surface area (Å²) in [4.78, 5) is 27.5. The molecule has 4 rings (SSSR count). The van der Waals surface area contributed by atoms with Crippen LogP contribution in [0.2, 0.25) is 0 Å². The molecule has 1 aliphatic heterocycles. The molecule has 170 valence electrons. The van der Waals surface area contributed by atoms with E-state index < -0.39 is 6.29 Å². The number of hydrogen-bond donors (Lipinski definition) is 1. The Labute approximate surface area is 181 Å². The molecule has 2 amide bonds. The lowest BCUT2D eigenvalue weighted by atomic mass is 9.47. The number of nitrogens with one attached hydrogen (secondary N) is 1. The Morgan fingerprint density at radius 3 is 2.47 bits per heavy atom. The van der Waals surface area contributed by atoms with E-state index in [0.29, 0.717) is 42.7 Å². The summed E-state index contributed by atoms with van der Waals surface area (Å²) in [5.41, 5.74) is 0.317. The second-order valence-electron chi connectivity index (χ2n) is 10.8. The highest BCUT2D eigenvalue weighted by atomic mass is 16.7. The van der Waals surface area contributed by atoms with Crippen molar-refractivity contribution in [3.05, 3.63) is 0 Å². The maximum Gasteiger partial charge on any atom is 0.223 e. The van der Waals surface area contributed by atoms with Gasteiger partial charge in [-0.25, -0.2) is 0 Å². The van der Waals surface area contributed by atoms with Gasteiger partial charge in [-0.15, -0.1) is 0 Å². The number of ether oxygens (including phenoxy) is 2. The van der Waals surface area contributed by atoms with Gasteiger partial charge >= 0.3 is 0 Å². The van der Waals surface area contributed by atoms with Crippen LogP contribution >= 0.6 is 0 Å². The van der Waals surface area contributed by atoms with E-state index in [1.807, 2.05) is 7.05 Å². The molecule has 4 aliphatic rings. The van der Waals surface area contributed by atoms with Crippen molar-refractivity contribution in [2.75, 3.05) is 27.8 Å². The monoisotopic (exact) mass is 420 g/mol. The molecule has 0 spiro atoms. The second kappa shape index (κ2) is 8.09. The highest BCUT2D eigenvalue weighted by Gasteiger charge is 2.62. The molecular formula is C24H40N2O4. The second-order valence-corrected chi connectivity index (χ2v) is 10.8. The lowest BCUT2D eigenvalue weighted by Gasteiger charge is -2.61. The number of carbonyl (C=O) groups excluding carboxylic acids is 2. The minimum atomic E-state index is -0.393. The summed E-state index contributed by atoms with van der Waals surface area (Å²) in [7, 11) is 5.21. The Morgan fingerprint density at radius 1 is 1.07 bits per heavy atom. The van der Waals surface area contributed by atoms with E-state index in [9.17, 15) is 9.59 Å². The lowest BCUT2D eigenvalue weighted by molar-refractivity contribution is -0.160. The molecule has 7 atom stereocenters. The van der Waals surface area contributed by atoms with Crippen molar-refractivity contribution in [3.63, 3.8) is 0 Å². The third-order valence-corrected chi connectivity index (χ3v) is 9.84. The first-order chi connectivity index (χ1) is 14.3. The van der Waals surface area contributed by atoms with E-state index >= 15 is 0 Å². The molecule has 1 saturated heterocycles. The summed E-state index contributed by atoms with van der Waals surface area (Å²) in [6.45, 7) is 5.23. The van der Waals surface area contributed by atoms with Crippen LogP contribution in [0, 0.1) is 34.5 Å². The van der Waals surface area contributed by atoms with Gasteiger partial charge in [0.2, 0.25) is 11.8 Å². The molecule has 4 fully saturated rings. The number of methoxy groups -OCH3 is 2. The molecule has 1 heterocycles. The Hall–Kier alpha value is -1.14. The number of nitrogens with zero attached hydrogens (tertiary/aromatic N) is 1. The number of likely N-dealkylation sites (tertiary alicyclic amines) is 1. The van der Waals surface area contributed by atoms with E-state index in [1.165, 1.54) is 12.8 Å². The molecule has 3 saturated carbocycles. The predicted octanol–water partition coefficient (Wildman–Crippen LogP) is 3.20. The summed E-state index contributed by atoms with van der Waals surface area (Å²) < 4.78 is 10.5. The van der Waals surface area contributed by atoms with Gasteiger partial charge in [0.15, 0.2) is 6.29 Å². The molecule has 6 heteroatoms. The summed E-state index contributed by atoms with van der Waals surface area (Å²) in [6, 6.07) is 0.393. The number of rotatable bonds is 5. The number of carbonyl (C=O) groups is 2. The van der Waals surface area contributed by atoms with Crippen LogP contribution in [-0.4, -0.2) is 56.9 Å². The number of amides is 2. The molecule has 1 N–H and O–H groups in total. The third kappa shape index (κ3) is 3.29. The Balaban J connectivity index is 1.49. The van der Waals surface area contributed by atoms with Gasteiger partial charge in [-0.3, -0.25) is 9.59 Å². The van der Waals surface area contributed by atoms with Crippen molar-refractivity contribution in [2.24, 2.45) is 34.5 Å². The Kier molecular flexibility index (Phi) is 5.95. The maximum absolute atomic E-state index is 13.1. The molecule has 0 aromatic heterocycles. The topological polar surface area (TPSA) is 67.9 Å². The first-order valence-electron chi connectivity index (χ1n) is 11.8. The highest BCUT2D eigenvalue weighted by molar-refractivity contribution is 5.80. The third-order valence-electron chi connectivity index (χ3n) is 9.84. The first kappa shape index (κ1) is 22.1. The lowest BCUT2D eigenvalue weighted by Crippen LogP contribution is -2.61. The molecule has 30 heavy (non-hydrogen) atoms. The van der Waals surface area contributed by atoms with Gasteiger partial charge in [0.25, 0.3) is 0 Å². The predicted molar refractivity (Wildman–Crippen MR) is 114 cm³/mol. The summed E-state index contributed by atoms with van der Waals surface area (Å²) in [5, 5.41) is 3.09. The van der Waals surface area contributed by atoms with Crippen molar-refractivity contribution in [1.82, 2.24) is 10.2 Å². The van der Waals surface area contributed by atoms with Crippen molar-refractivity contribution in [2.45, 2.75) is 77.5 Å². The van der Waals surface area contributed by atoms with Gasteiger partial charge in [-0.2, -0.15) is 0 Å². The quantitative estimate of drug-likeness (QED) is 0.694. The van der Waals surface area contributed by atoms with Crippen LogP contribution in [0.25, 0.3) is 0 Å². The Morgan fingerprint density at radius 2 is 1.77 bits per heavy atom. The maximum atomic E-state index is 13.1. The molecule has 3 aliphatic carbocycles. The minimum Gasteiger partial charge on any atom is -0.354 e. The fraction of sp³-hybridized carbons (Fsp3) is 0.917. The summed E-state index contributed by atoms with van der Waals surface area (Å²) >= 11 is 0. The van der Waals surface area contributed by atoms with Crippen molar-refractivity contribution >= 4 is 11.8 Å². The fourth-order valence-electron chi connectivity index (χ4n) is 8.15. The van der Waals surface area contributed by atoms with E-state index in [-0.39, 0.29) is 22.7 Å². The van der Waals surface area contributed by atoms with Crippen LogP contribution in [0.4, 0.5) is 0 Å². The molecule has 7 unspecified atom stereocenters. The molecule has 0 aromatic carbocycles. The van der Waals surface area contributed by atoms with Crippen LogP contribution in [0.3, 0.4) is 0 Å². The standard InChI is InChI=1S/C24H40N2O4/c1-23-12-10-17-15(6-9-19-24(17,2)13-11-20(27)26(19)3)16(23)7-8-18(23)22(28)25-14-21(29-4)30-5/h15-19,21H,6-14H2,1-5H3,(H,25,28). The molecular weight excluding hydrogens is 380 g/mol. The van der Waals surface area contributed by atoms with E-state index in [0.717, 1.165) is 32.1 Å². The largest absolute Gasteiger partial charge is 0.354 e. The van der Waals surface area contributed by atoms with Gasteiger partial charge < -0.3 is 19.7 Å². The van der Waals surface area contributed by atoms with Crippen LogP contribution in [0.15, 0.2) is 0 Å². The first-order valence-corrected chi connectivity index (χ1v) is 11.8. The van der Waals surface area contributed by atoms with E-state index in [4.69, 9.17) is 9.47 Å². The molecule has 0 bridgehead atoms. The van der Waals surface area contributed by atoms with Crippen LogP contribution < -0.4 is 5.32 Å². The molecule has 6 nitrogen and oxygen atoms in total. The van der Waals surface area contributed by atoms with Crippen molar-refractivity contribution in [1.29, 1.82) is 0 Å². The molecule has 0 radical (unpaired) electrons. The van der Waals surface area contributed by atoms with Crippen LogP contribution in [0.5, 0.6) is 0 Å². The zero-order valence-electron chi connectivity index (χ0n) is 19.4. The smallest absolute Gasteiger partial charge is 0.223 e. The van der Waals surface area contributed by atoms with Gasteiger partial charge in [0.1, 0.15) is 0 Å². The average Bonchev–Trinajstić information content (AvgIpc) is 3.09. The van der Waals surface area contributed by atoms with E-state index in [1.54, 1.807) is 14.2 Å².